The summed E-state index contributed by atoms with van der Waals surface area (Å²) < 4.78 is 37.8. The van der Waals surface area contributed by atoms with E-state index in [-0.39, 0.29) is 4.90 Å². The number of aryl methyl sites for hydroxylation is 1. The Hall–Kier alpha value is -1.69. The van der Waals surface area contributed by atoms with Crippen LogP contribution in [-0.2, 0) is 16.9 Å². The first-order valence-corrected chi connectivity index (χ1v) is 6.77. The molecule has 6 heteroatoms. The van der Waals surface area contributed by atoms with E-state index in [9.17, 15) is 12.8 Å². The van der Waals surface area contributed by atoms with Gasteiger partial charge in [-0.2, -0.15) is 5.10 Å². The van der Waals surface area contributed by atoms with Gasteiger partial charge in [0.25, 0.3) is 0 Å². The molecule has 0 spiro atoms. The standard InChI is InChI=1S/C11H11FN2O2S/c1-14-10(5-6-13-14)8-3-4-11(9(12)7-8)17(2,15)16/h3-7H,1-2H3. The molecule has 0 aliphatic carbocycles. The van der Waals surface area contributed by atoms with E-state index in [1.54, 1.807) is 30.1 Å². The lowest BCUT2D eigenvalue weighted by Crippen LogP contribution is -2.01. The van der Waals surface area contributed by atoms with Crippen molar-refractivity contribution in [1.29, 1.82) is 0 Å². The Labute approximate surface area is 98.6 Å². The summed E-state index contributed by atoms with van der Waals surface area (Å²) in [5.74, 6) is -0.744. The second-order valence-electron chi connectivity index (χ2n) is 3.76. The second kappa shape index (κ2) is 3.96. The fraction of sp³-hybridized carbons (Fsp3) is 0.182. The molecule has 0 aliphatic rings. The third kappa shape index (κ3) is 2.21. The highest BCUT2D eigenvalue weighted by Crippen LogP contribution is 2.23. The molecule has 0 fully saturated rings. The fourth-order valence-electron chi connectivity index (χ4n) is 1.62. The van der Waals surface area contributed by atoms with Crippen molar-refractivity contribution in [1.82, 2.24) is 9.78 Å². The van der Waals surface area contributed by atoms with Gasteiger partial charge in [0.05, 0.1) is 5.69 Å². The van der Waals surface area contributed by atoms with E-state index in [0.717, 1.165) is 11.9 Å². The summed E-state index contributed by atoms with van der Waals surface area (Å²) in [6, 6.07) is 5.77. The van der Waals surface area contributed by atoms with Crippen molar-refractivity contribution in [3.63, 3.8) is 0 Å². The number of benzene rings is 1. The van der Waals surface area contributed by atoms with Gasteiger partial charge in [0.1, 0.15) is 10.7 Å². The van der Waals surface area contributed by atoms with Crippen molar-refractivity contribution in [2.24, 2.45) is 7.05 Å². The number of hydrogen-bond donors (Lipinski definition) is 0. The molecule has 2 rings (SSSR count). The Morgan fingerprint density at radius 2 is 2.00 bits per heavy atom. The van der Waals surface area contributed by atoms with E-state index in [4.69, 9.17) is 0 Å². The minimum absolute atomic E-state index is 0.289. The number of sulfone groups is 1. The van der Waals surface area contributed by atoms with Crippen molar-refractivity contribution >= 4 is 9.84 Å². The van der Waals surface area contributed by atoms with Gasteiger partial charge < -0.3 is 0 Å². The molecular formula is C11H11FN2O2S. The predicted molar refractivity (Wildman–Crippen MR) is 61.7 cm³/mol. The maximum Gasteiger partial charge on any atom is 0.178 e. The summed E-state index contributed by atoms with van der Waals surface area (Å²) >= 11 is 0. The molecule has 0 unspecified atom stereocenters. The highest BCUT2D eigenvalue weighted by molar-refractivity contribution is 7.90. The number of halogens is 1. The quantitative estimate of drug-likeness (QED) is 0.818. The minimum Gasteiger partial charge on any atom is -0.268 e. The Bertz CT molecular complexity index is 662. The molecule has 0 aliphatic heterocycles. The smallest absolute Gasteiger partial charge is 0.178 e. The van der Waals surface area contributed by atoms with Crippen molar-refractivity contribution in [2.45, 2.75) is 4.90 Å². The van der Waals surface area contributed by atoms with E-state index in [1.807, 2.05) is 0 Å². The van der Waals surface area contributed by atoms with Crippen molar-refractivity contribution in [3.8, 4) is 11.3 Å². The summed E-state index contributed by atoms with van der Waals surface area (Å²) in [4.78, 5) is -0.289. The molecule has 0 radical (unpaired) electrons. The summed E-state index contributed by atoms with van der Waals surface area (Å²) in [5, 5.41) is 3.97. The molecule has 0 N–H and O–H groups in total. The van der Waals surface area contributed by atoms with Gasteiger partial charge in [0, 0.05) is 25.1 Å². The number of aromatic nitrogens is 2. The van der Waals surface area contributed by atoms with Crippen LogP contribution in [0.25, 0.3) is 11.3 Å². The zero-order valence-corrected chi connectivity index (χ0v) is 10.2. The Morgan fingerprint density at radius 1 is 1.29 bits per heavy atom. The Morgan fingerprint density at radius 3 is 2.47 bits per heavy atom. The molecule has 0 amide bonds. The molecule has 2 aromatic rings. The Kier molecular flexibility index (Phi) is 2.74. The predicted octanol–water partition coefficient (Wildman–Crippen LogP) is 1.63. The van der Waals surface area contributed by atoms with Crippen molar-refractivity contribution in [3.05, 3.63) is 36.3 Å². The monoisotopic (exact) mass is 254 g/mol. The average molecular weight is 254 g/mol. The van der Waals surface area contributed by atoms with Crippen LogP contribution in [0.4, 0.5) is 4.39 Å². The highest BCUT2D eigenvalue weighted by Gasteiger charge is 2.14. The minimum atomic E-state index is -3.53. The van der Waals surface area contributed by atoms with E-state index >= 15 is 0 Å². The lowest BCUT2D eigenvalue weighted by atomic mass is 10.1. The van der Waals surface area contributed by atoms with Crippen LogP contribution in [0.3, 0.4) is 0 Å². The normalized spacial score (nSPS) is 11.7. The van der Waals surface area contributed by atoms with Crippen LogP contribution in [0.15, 0.2) is 35.4 Å². The molecule has 1 aromatic carbocycles. The van der Waals surface area contributed by atoms with Gasteiger partial charge in [-0.15, -0.1) is 0 Å². The summed E-state index contributed by atoms with van der Waals surface area (Å²) in [6.07, 6.45) is 2.58. The largest absolute Gasteiger partial charge is 0.268 e. The maximum absolute atomic E-state index is 13.7. The molecule has 1 aromatic heterocycles. The lowest BCUT2D eigenvalue weighted by molar-refractivity contribution is 0.571. The van der Waals surface area contributed by atoms with E-state index < -0.39 is 15.7 Å². The zero-order valence-electron chi connectivity index (χ0n) is 9.38. The third-order valence-electron chi connectivity index (χ3n) is 2.45. The summed E-state index contributed by atoms with van der Waals surface area (Å²) in [6.45, 7) is 0. The highest BCUT2D eigenvalue weighted by atomic mass is 32.2. The van der Waals surface area contributed by atoms with Crippen LogP contribution in [0.2, 0.25) is 0 Å². The first-order valence-electron chi connectivity index (χ1n) is 4.87. The first-order chi connectivity index (χ1) is 7.89. The van der Waals surface area contributed by atoms with E-state index in [1.165, 1.54) is 12.1 Å². The van der Waals surface area contributed by atoms with Crippen LogP contribution in [0.5, 0.6) is 0 Å². The van der Waals surface area contributed by atoms with E-state index in [2.05, 4.69) is 5.10 Å². The molecule has 0 bridgehead atoms. The van der Waals surface area contributed by atoms with Gasteiger partial charge in [-0.3, -0.25) is 4.68 Å². The molecule has 17 heavy (non-hydrogen) atoms. The Balaban J connectivity index is 2.56. The topological polar surface area (TPSA) is 52.0 Å². The van der Waals surface area contributed by atoms with Crippen LogP contribution >= 0.6 is 0 Å². The third-order valence-corrected chi connectivity index (χ3v) is 3.58. The van der Waals surface area contributed by atoms with Gasteiger partial charge >= 0.3 is 0 Å². The van der Waals surface area contributed by atoms with Gasteiger partial charge in [0.2, 0.25) is 0 Å². The average Bonchev–Trinajstić information content (AvgIpc) is 2.62. The summed E-state index contributed by atoms with van der Waals surface area (Å²) in [7, 11) is -1.79. The van der Waals surface area contributed by atoms with Gasteiger partial charge in [0.15, 0.2) is 9.84 Å². The lowest BCUT2D eigenvalue weighted by Gasteiger charge is -2.05. The molecule has 0 saturated heterocycles. The second-order valence-corrected chi connectivity index (χ2v) is 5.74. The van der Waals surface area contributed by atoms with Gasteiger partial charge in [-0.1, -0.05) is 6.07 Å². The van der Waals surface area contributed by atoms with Crippen LogP contribution in [0, 0.1) is 5.82 Å². The molecule has 1 heterocycles. The van der Waals surface area contributed by atoms with Crippen LogP contribution in [0.1, 0.15) is 0 Å². The number of nitrogens with zero attached hydrogens (tertiary/aromatic N) is 2. The van der Waals surface area contributed by atoms with Crippen LogP contribution in [-0.4, -0.2) is 24.5 Å². The molecule has 0 atom stereocenters. The van der Waals surface area contributed by atoms with Gasteiger partial charge in [-0.05, 0) is 18.2 Å². The summed E-state index contributed by atoms with van der Waals surface area (Å²) in [5.41, 5.74) is 1.32. The first kappa shape index (κ1) is 11.8. The van der Waals surface area contributed by atoms with E-state index in [0.29, 0.717) is 5.56 Å². The van der Waals surface area contributed by atoms with Gasteiger partial charge in [-0.25, -0.2) is 12.8 Å². The van der Waals surface area contributed by atoms with Crippen LogP contribution < -0.4 is 0 Å². The molecule has 90 valence electrons. The zero-order chi connectivity index (χ0) is 12.6. The molecular weight excluding hydrogens is 243 g/mol. The van der Waals surface area contributed by atoms with Crippen molar-refractivity contribution in [2.75, 3.05) is 6.26 Å². The molecule has 0 saturated carbocycles. The number of hydrogen-bond acceptors (Lipinski definition) is 3. The fourth-order valence-corrected chi connectivity index (χ4v) is 2.35. The maximum atomic E-state index is 13.7. The SMILES string of the molecule is Cn1nccc1-c1ccc(S(C)(=O)=O)c(F)c1. The number of rotatable bonds is 2. The van der Waals surface area contributed by atoms with Crippen molar-refractivity contribution < 1.29 is 12.8 Å². The molecule has 4 nitrogen and oxygen atoms in total.